The van der Waals surface area contributed by atoms with E-state index >= 15 is 0 Å². The average Bonchev–Trinajstić information content (AvgIpc) is 2.65. The summed E-state index contributed by atoms with van der Waals surface area (Å²) < 4.78 is 5.82. The van der Waals surface area contributed by atoms with Crippen LogP contribution >= 0.6 is 11.6 Å². The Balaban J connectivity index is 2.09. The number of ether oxygens (including phenoxy) is 1. The third-order valence-corrected chi connectivity index (χ3v) is 3.29. The van der Waals surface area contributed by atoms with Gasteiger partial charge in [-0.1, -0.05) is 18.2 Å². The fraction of sp³-hybridized carbons (Fsp3) is 0.500. The van der Waals surface area contributed by atoms with Crippen LogP contribution in [0.15, 0.2) is 24.3 Å². The molecule has 0 spiro atoms. The number of alkyl halides is 1. The molecule has 2 nitrogen and oxygen atoms in total. The van der Waals surface area contributed by atoms with E-state index in [1.165, 1.54) is 0 Å². The van der Waals surface area contributed by atoms with Gasteiger partial charge in [0.25, 0.3) is 0 Å². The third kappa shape index (κ3) is 2.44. The van der Waals surface area contributed by atoms with Crippen molar-refractivity contribution in [2.45, 2.75) is 37.4 Å². The molecule has 0 bridgehead atoms. The van der Waals surface area contributed by atoms with Gasteiger partial charge in [-0.15, -0.1) is 11.6 Å². The van der Waals surface area contributed by atoms with Crippen molar-refractivity contribution in [1.29, 1.82) is 0 Å². The Morgan fingerprint density at radius 3 is 2.80 bits per heavy atom. The summed E-state index contributed by atoms with van der Waals surface area (Å²) in [5.41, 5.74) is 0.827. The Kier molecular flexibility index (Phi) is 3.49. The fourth-order valence-electron chi connectivity index (χ4n) is 1.93. The first-order valence-electron chi connectivity index (χ1n) is 5.31. The van der Waals surface area contributed by atoms with E-state index in [1.54, 1.807) is 0 Å². The van der Waals surface area contributed by atoms with Gasteiger partial charge in [0.1, 0.15) is 11.9 Å². The first-order valence-corrected chi connectivity index (χ1v) is 5.74. The minimum Gasteiger partial charge on any atom is -0.489 e. The van der Waals surface area contributed by atoms with Crippen LogP contribution in [0.2, 0.25) is 0 Å². The monoisotopic (exact) mass is 226 g/mol. The van der Waals surface area contributed by atoms with Gasteiger partial charge in [-0.3, -0.25) is 0 Å². The molecule has 1 aliphatic carbocycles. The van der Waals surface area contributed by atoms with Crippen LogP contribution in [0.25, 0.3) is 0 Å². The number of rotatable bonds is 3. The van der Waals surface area contributed by atoms with Gasteiger partial charge in [0.05, 0.1) is 12.0 Å². The highest BCUT2D eigenvalue weighted by Gasteiger charge is 2.27. The van der Waals surface area contributed by atoms with Crippen molar-refractivity contribution in [3.63, 3.8) is 0 Å². The summed E-state index contributed by atoms with van der Waals surface area (Å²) in [7, 11) is 0. The van der Waals surface area contributed by atoms with Gasteiger partial charge >= 0.3 is 0 Å². The largest absolute Gasteiger partial charge is 0.489 e. The third-order valence-electron chi connectivity index (χ3n) is 2.79. The fourth-order valence-corrected chi connectivity index (χ4v) is 2.26. The first kappa shape index (κ1) is 10.8. The van der Waals surface area contributed by atoms with Crippen molar-refractivity contribution in [1.82, 2.24) is 0 Å². The van der Waals surface area contributed by atoms with Gasteiger partial charge in [0.15, 0.2) is 0 Å². The molecule has 1 aromatic carbocycles. The molecule has 15 heavy (non-hydrogen) atoms. The number of hydrogen-bond donors (Lipinski definition) is 1. The first-order chi connectivity index (χ1) is 7.31. The Bertz CT molecular complexity index is 327. The van der Waals surface area contributed by atoms with Gasteiger partial charge in [0.2, 0.25) is 0 Å². The second-order valence-corrected chi connectivity index (χ2v) is 4.43. The van der Waals surface area contributed by atoms with Gasteiger partial charge in [-0.2, -0.15) is 0 Å². The lowest BCUT2D eigenvalue weighted by atomic mass is 10.2. The molecule has 3 heteroatoms. The van der Waals surface area contributed by atoms with E-state index in [-0.39, 0.29) is 18.1 Å². The highest BCUT2D eigenvalue weighted by molar-refractivity contribution is 6.21. The maximum Gasteiger partial charge on any atom is 0.125 e. The van der Waals surface area contributed by atoms with Crippen LogP contribution in [0.1, 0.15) is 24.8 Å². The lowest BCUT2D eigenvalue weighted by Gasteiger charge is -2.18. The van der Waals surface area contributed by atoms with Crippen molar-refractivity contribution in [2.24, 2.45) is 0 Å². The molecule has 1 fully saturated rings. The summed E-state index contributed by atoms with van der Waals surface area (Å²) in [5, 5.41) is 9.25. The van der Waals surface area contributed by atoms with E-state index in [0.717, 1.165) is 30.6 Å². The number of aliphatic hydroxyl groups excluding tert-OH is 1. The Labute approximate surface area is 94.8 Å². The lowest BCUT2D eigenvalue weighted by molar-refractivity contribution is 0.202. The SMILES string of the molecule is OCc1ccccc1OC1CCCC1Cl. The maximum absolute atomic E-state index is 9.15. The molecular formula is C12H15ClO2. The van der Waals surface area contributed by atoms with Crippen molar-refractivity contribution < 1.29 is 9.84 Å². The molecule has 0 aromatic heterocycles. The number of para-hydroxylation sites is 1. The zero-order chi connectivity index (χ0) is 10.7. The summed E-state index contributed by atoms with van der Waals surface area (Å²) in [4.78, 5) is 0. The van der Waals surface area contributed by atoms with Crippen molar-refractivity contribution in [3.05, 3.63) is 29.8 Å². The standard InChI is InChI=1S/C12H15ClO2/c13-10-5-3-7-12(10)15-11-6-2-1-4-9(11)8-14/h1-2,4,6,10,12,14H,3,5,7-8H2. The van der Waals surface area contributed by atoms with Crippen molar-refractivity contribution in [2.75, 3.05) is 0 Å². The minimum absolute atomic E-state index is 0.00977. The van der Waals surface area contributed by atoms with E-state index in [4.69, 9.17) is 21.4 Å². The molecule has 0 radical (unpaired) electrons. The molecule has 0 heterocycles. The van der Waals surface area contributed by atoms with Crippen LogP contribution in [-0.2, 0) is 6.61 Å². The van der Waals surface area contributed by atoms with E-state index in [1.807, 2.05) is 24.3 Å². The lowest BCUT2D eigenvalue weighted by Crippen LogP contribution is -2.22. The summed E-state index contributed by atoms with van der Waals surface area (Å²) in [5.74, 6) is 0.762. The molecule has 0 amide bonds. The number of aliphatic hydroxyl groups is 1. The van der Waals surface area contributed by atoms with E-state index in [0.29, 0.717) is 0 Å². The summed E-state index contributed by atoms with van der Waals surface area (Å²) in [6, 6.07) is 7.55. The predicted molar refractivity (Wildman–Crippen MR) is 60.3 cm³/mol. The van der Waals surface area contributed by atoms with Crippen LogP contribution in [0, 0.1) is 0 Å². The average molecular weight is 227 g/mol. The molecule has 0 aliphatic heterocycles. The second kappa shape index (κ2) is 4.86. The highest BCUT2D eigenvalue weighted by Crippen LogP contribution is 2.29. The predicted octanol–water partition coefficient (Wildman–Crippen LogP) is 2.72. The molecule has 1 N–H and O–H groups in total. The highest BCUT2D eigenvalue weighted by atomic mass is 35.5. The summed E-state index contributed by atoms with van der Waals surface area (Å²) in [6.07, 6.45) is 3.25. The number of benzene rings is 1. The van der Waals surface area contributed by atoms with Gasteiger partial charge in [-0.25, -0.2) is 0 Å². The summed E-state index contributed by atoms with van der Waals surface area (Å²) >= 11 is 6.14. The molecule has 2 unspecified atom stereocenters. The van der Waals surface area contributed by atoms with Gasteiger partial charge in [0, 0.05) is 5.56 Å². The minimum atomic E-state index is 0.00977. The number of halogens is 1. The zero-order valence-corrected chi connectivity index (χ0v) is 9.28. The van der Waals surface area contributed by atoms with Crippen LogP contribution in [0.4, 0.5) is 0 Å². The van der Waals surface area contributed by atoms with Gasteiger partial charge in [-0.05, 0) is 25.3 Å². The van der Waals surface area contributed by atoms with Crippen LogP contribution in [-0.4, -0.2) is 16.6 Å². The summed E-state index contributed by atoms with van der Waals surface area (Å²) in [6.45, 7) is 0.00977. The van der Waals surface area contributed by atoms with E-state index in [9.17, 15) is 0 Å². The molecule has 1 aromatic rings. The Morgan fingerprint density at radius 1 is 1.33 bits per heavy atom. The quantitative estimate of drug-likeness (QED) is 0.804. The normalized spacial score (nSPS) is 25.5. The molecule has 1 aliphatic rings. The molecule has 2 rings (SSSR count). The molecule has 2 atom stereocenters. The van der Waals surface area contributed by atoms with E-state index < -0.39 is 0 Å². The Morgan fingerprint density at radius 2 is 2.13 bits per heavy atom. The van der Waals surface area contributed by atoms with E-state index in [2.05, 4.69) is 0 Å². The Hall–Kier alpha value is -0.730. The second-order valence-electron chi connectivity index (χ2n) is 3.87. The van der Waals surface area contributed by atoms with Crippen molar-refractivity contribution in [3.8, 4) is 5.75 Å². The molecule has 0 saturated heterocycles. The maximum atomic E-state index is 9.15. The topological polar surface area (TPSA) is 29.5 Å². The van der Waals surface area contributed by atoms with Crippen LogP contribution in [0.5, 0.6) is 5.75 Å². The van der Waals surface area contributed by atoms with Gasteiger partial charge < -0.3 is 9.84 Å². The number of hydrogen-bond acceptors (Lipinski definition) is 2. The molecule has 82 valence electrons. The van der Waals surface area contributed by atoms with Crippen LogP contribution in [0.3, 0.4) is 0 Å². The smallest absolute Gasteiger partial charge is 0.125 e. The van der Waals surface area contributed by atoms with Crippen LogP contribution < -0.4 is 4.74 Å². The van der Waals surface area contributed by atoms with Crippen molar-refractivity contribution >= 4 is 11.6 Å². The molecular weight excluding hydrogens is 212 g/mol. The molecule has 1 saturated carbocycles. The zero-order valence-electron chi connectivity index (χ0n) is 8.53.